The standard InChI is InChI=1S/C23H26Cl6O2/c1-5-15(24)11-30-21-17(26)7-13(8-18(21)27)23(3,4)14-9-19(28)22(20(29)10-14)31-12-16(25)6-2/h7-10,15-16H,5-6,11-12H2,1-4H3. The summed E-state index contributed by atoms with van der Waals surface area (Å²) >= 11 is 38.2. The first-order chi connectivity index (χ1) is 14.5. The van der Waals surface area contributed by atoms with Crippen LogP contribution in [0.15, 0.2) is 24.3 Å². The first kappa shape index (κ1) is 27.0. The Kier molecular flexibility index (Phi) is 10.3. The highest BCUT2D eigenvalue weighted by Crippen LogP contribution is 2.44. The third kappa shape index (κ3) is 6.88. The van der Waals surface area contributed by atoms with E-state index in [2.05, 4.69) is 0 Å². The van der Waals surface area contributed by atoms with Crippen LogP contribution >= 0.6 is 69.6 Å². The molecule has 2 unspecified atom stereocenters. The smallest absolute Gasteiger partial charge is 0.156 e. The average molecular weight is 547 g/mol. The minimum Gasteiger partial charge on any atom is -0.489 e. The number of rotatable bonds is 10. The van der Waals surface area contributed by atoms with Gasteiger partial charge >= 0.3 is 0 Å². The molecule has 0 amide bonds. The summed E-state index contributed by atoms with van der Waals surface area (Å²) in [5, 5.41) is 1.45. The van der Waals surface area contributed by atoms with Crippen LogP contribution in [0.2, 0.25) is 20.1 Å². The molecule has 0 spiro atoms. The van der Waals surface area contributed by atoms with Crippen LogP contribution in [0.1, 0.15) is 51.7 Å². The van der Waals surface area contributed by atoms with Crippen molar-refractivity contribution in [2.45, 2.75) is 56.7 Å². The first-order valence-corrected chi connectivity index (χ1v) is 12.4. The molecule has 2 aromatic rings. The number of ether oxygens (including phenoxy) is 2. The van der Waals surface area contributed by atoms with Crippen molar-refractivity contribution in [1.29, 1.82) is 0 Å². The zero-order valence-electron chi connectivity index (χ0n) is 17.9. The van der Waals surface area contributed by atoms with Gasteiger partial charge in [-0.3, -0.25) is 0 Å². The Morgan fingerprint density at radius 1 is 0.677 bits per heavy atom. The van der Waals surface area contributed by atoms with Crippen LogP contribution in [0.5, 0.6) is 11.5 Å². The van der Waals surface area contributed by atoms with E-state index in [0.29, 0.717) is 44.8 Å². The second-order valence-electron chi connectivity index (χ2n) is 7.80. The highest BCUT2D eigenvalue weighted by Gasteiger charge is 2.28. The molecule has 2 rings (SSSR count). The van der Waals surface area contributed by atoms with Crippen LogP contribution in [-0.2, 0) is 5.41 Å². The third-order valence-corrected chi connectivity index (χ3v) is 7.14. The lowest BCUT2D eigenvalue weighted by Gasteiger charge is -2.28. The fourth-order valence-corrected chi connectivity index (χ4v) is 4.19. The maximum absolute atomic E-state index is 6.49. The second kappa shape index (κ2) is 11.8. The van der Waals surface area contributed by atoms with Crippen LogP contribution in [0.4, 0.5) is 0 Å². The van der Waals surface area contributed by atoms with Gasteiger partial charge in [0.15, 0.2) is 11.5 Å². The Morgan fingerprint density at radius 2 is 0.968 bits per heavy atom. The monoisotopic (exact) mass is 544 g/mol. The summed E-state index contributed by atoms with van der Waals surface area (Å²) in [5.74, 6) is 0.849. The Bertz CT molecular complexity index is 782. The molecular weight excluding hydrogens is 521 g/mol. The molecular formula is C23H26Cl6O2. The van der Waals surface area contributed by atoms with E-state index in [9.17, 15) is 0 Å². The molecule has 2 atom stereocenters. The summed E-state index contributed by atoms with van der Waals surface area (Å²) in [7, 11) is 0. The largest absolute Gasteiger partial charge is 0.489 e. The van der Waals surface area contributed by atoms with Crippen LogP contribution in [0.25, 0.3) is 0 Å². The lowest BCUT2D eigenvalue weighted by atomic mass is 9.78. The van der Waals surface area contributed by atoms with Gasteiger partial charge in [-0.25, -0.2) is 0 Å². The Labute approximate surface area is 215 Å². The van der Waals surface area contributed by atoms with Gasteiger partial charge in [0.2, 0.25) is 0 Å². The summed E-state index contributed by atoms with van der Waals surface area (Å²) in [6, 6.07) is 7.35. The van der Waals surface area contributed by atoms with E-state index < -0.39 is 5.41 Å². The Hall–Kier alpha value is -0.220. The van der Waals surface area contributed by atoms with Crippen molar-refractivity contribution < 1.29 is 9.47 Å². The highest BCUT2D eigenvalue weighted by molar-refractivity contribution is 6.38. The lowest BCUT2D eigenvalue weighted by molar-refractivity contribution is 0.313. The zero-order valence-corrected chi connectivity index (χ0v) is 22.4. The van der Waals surface area contributed by atoms with Crippen molar-refractivity contribution in [2.75, 3.05) is 13.2 Å². The van der Waals surface area contributed by atoms with Crippen molar-refractivity contribution in [1.82, 2.24) is 0 Å². The van der Waals surface area contributed by atoms with Gasteiger partial charge in [-0.05, 0) is 48.2 Å². The van der Waals surface area contributed by atoms with Gasteiger partial charge in [0.1, 0.15) is 13.2 Å². The molecule has 8 heteroatoms. The quantitative estimate of drug-likeness (QED) is 0.276. The van der Waals surface area contributed by atoms with Gasteiger partial charge in [-0.15, -0.1) is 23.2 Å². The van der Waals surface area contributed by atoms with Crippen molar-refractivity contribution in [3.63, 3.8) is 0 Å². The molecule has 31 heavy (non-hydrogen) atoms. The van der Waals surface area contributed by atoms with Gasteiger partial charge in [-0.2, -0.15) is 0 Å². The van der Waals surface area contributed by atoms with Gasteiger partial charge in [-0.1, -0.05) is 74.1 Å². The van der Waals surface area contributed by atoms with E-state index in [1.54, 1.807) is 0 Å². The second-order valence-corrected chi connectivity index (χ2v) is 10.7. The van der Waals surface area contributed by atoms with E-state index >= 15 is 0 Å². The molecule has 0 saturated heterocycles. The zero-order chi connectivity index (χ0) is 23.3. The maximum atomic E-state index is 6.49. The number of hydrogen-bond acceptors (Lipinski definition) is 2. The summed E-state index contributed by atoms with van der Waals surface area (Å²) in [5.41, 5.74) is 1.29. The Morgan fingerprint density at radius 3 is 1.23 bits per heavy atom. The molecule has 0 saturated carbocycles. The number of benzene rings is 2. The van der Waals surface area contributed by atoms with Gasteiger partial charge in [0.25, 0.3) is 0 Å². The van der Waals surface area contributed by atoms with Gasteiger partial charge in [0, 0.05) is 5.41 Å². The first-order valence-electron chi connectivity index (χ1n) is 10.0. The highest BCUT2D eigenvalue weighted by atomic mass is 35.5. The molecule has 0 aliphatic heterocycles. The van der Waals surface area contributed by atoms with Crippen molar-refractivity contribution in [3.8, 4) is 11.5 Å². The molecule has 0 aromatic heterocycles. The van der Waals surface area contributed by atoms with E-state index in [-0.39, 0.29) is 10.8 Å². The number of hydrogen-bond donors (Lipinski definition) is 0. The minimum atomic E-state index is -0.492. The average Bonchev–Trinajstić information content (AvgIpc) is 2.71. The molecule has 0 bridgehead atoms. The predicted molar refractivity (Wildman–Crippen MR) is 136 cm³/mol. The van der Waals surface area contributed by atoms with Gasteiger partial charge < -0.3 is 9.47 Å². The fourth-order valence-electron chi connectivity index (χ4n) is 2.87. The molecule has 0 radical (unpaired) electrons. The van der Waals surface area contributed by atoms with Gasteiger partial charge in [0.05, 0.1) is 30.8 Å². The fraction of sp³-hybridized carbons (Fsp3) is 0.478. The molecule has 172 valence electrons. The summed E-state index contributed by atoms with van der Waals surface area (Å²) in [6.07, 6.45) is 1.57. The van der Waals surface area contributed by atoms with Crippen molar-refractivity contribution in [2.24, 2.45) is 0 Å². The molecule has 0 aliphatic rings. The van der Waals surface area contributed by atoms with Crippen LogP contribution in [0, 0.1) is 0 Å². The topological polar surface area (TPSA) is 18.5 Å². The van der Waals surface area contributed by atoms with E-state index in [0.717, 1.165) is 24.0 Å². The molecule has 0 fully saturated rings. The molecule has 0 N–H and O–H groups in total. The normalized spacial score (nSPS) is 13.7. The van der Waals surface area contributed by atoms with Crippen LogP contribution in [-0.4, -0.2) is 24.0 Å². The molecule has 2 aromatic carbocycles. The lowest BCUT2D eigenvalue weighted by Crippen LogP contribution is -2.20. The predicted octanol–water partition coefficient (Wildman–Crippen LogP) is 9.42. The Balaban J connectivity index is 2.34. The third-order valence-electron chi connectivity index (χ3n) is 5.14. The van der Waals surface area contributed by atoms with E-state index in [4.69, 9.17) is 79.1 Å². The molecule has 2 nitrogen and oxygen atoms in total. The number of halogens is 6. The summed E-state index contributed by atoms with van der Waals surface area (Å²) < 4.78 is 11.5. The maximum Gasteiger partial charge on any atom is 0.156 e. The van der Waals surface area contributed by atoms with E-state index in [1.165, 1.54) is 0 Å². The number of alkyl halides is 2. The molecule has 0 aliphatic carbocycles. The van der Waals surface area contributed by atoms with E-state index in [1.807, 2.05) is 52.0 Å². The minimum absolute atomic E-state index is 0.111. The summed E-state index contributed by atoms with van der Waals surface area (Å²) in [6.45, 7) is 8.70. The van der Waals surface area contributed by atoms with Crippen LogP contribution < -0.4 is 9.47 Å². The summed E-state index contributed by atoms with van der Waals surface area (Å²) in [4.78, 5) is 0. The molecule has 0 heterocycles. The van der Waals surface area contributed by atoms with Crippen molar-refractivity contribution >= 4 is 69.6 Å². The van der Waals surface area contributed by atoms with Crippen molar-refractivity contribution in [3.05, 3.63) is 55.5 Å². The SMILES string of the molecule is CCC(Cl)COc1c(Cl)cc(C(C)(C)c2cc(Cl)c(OCC(Cl)CC)c(Cl)c2)cc1Cl. The van der Waals surface area contributed by atoms with Crippen LogP contribution in [0.3, 0.4) is 0 Å².